The Hall–Kier alpha value is -1.06. The van der Waals surface area contributed by atoms with Crippen LogP contribution >= 0.6 is 11.8 Å². The van der Waals surface area contributed by atoms with Crippen molar-refractivity contribution in [3.8, 4) is 0 Å². The summed E-state index contributed by atoms with van der Waals surface area (Å²) in [6.45, 7) is 3.10. The first-order valence-electron chi connectivity index (χ1n) is 8.32. The zero-order valence-corrected chi connectivity index (χ0v) is 15.4. The van der Waals surface area contributed by atoms with E-state index in [9.17, 15) is 13.2 Å². The van der Waals surface area contributed by atoms with Gasteiger partial charge in [-0.25, -0.2) is 8.42 Å². The van der Waals surface area contributed by atoms with Crippen molar-refractivity contribution in [3.63, 3.8) is 0 Å². The summed E-state index contributed by atoms with van der Waals surface area (Å²) in [6.07, 6.45) is 1.34. The maximum Gasteiger partial charge on any atom is 0.228 e. The molecular weight excluding hydrogens is 348 g/mol. The second-order valence-electron chi connectivity index (χ2n) is 6.85. The van der Waals surface area contributed by atoms with Crippen molar-refractivity contribution in [3.05, 3.63) is 11.1 Å². The van der Waals surface area contributed by atoms with Gasteiger partial charge in [-0.3, -0.25) is 14.7 Å². The van der Waals surface area contributed by atoms with E-state index in [-0.39, 0.29) is 29.5 Å². The number of fused-ring (bicyclic) bond motifs is 2. The van der Waals surface area contributed by atoms with Crippen molar-refractivity contribution in [2.24, 2.45) is 4.99 Å². The van der Waals surface area contributed by atoms with Crippen LogP contribution in [0, 0.1) is 0 Å². The summed E-state index contributed by atoms with van der Waals surface area (Å²) in [6, 6.07) is -0.267. The molecule has 9 heteroatoms. The summed E-state index contributed by atoms with van der Waals surface area (Å²) in [5.74, 6) is 0.297. The fourth-order valence-electron chi connectivity index (χ4n) is 3.97. The van der Waals surface area contributed by atoms with Crippen LogP contribution in [0.3, 0.4) is 0 Å². The lowest BCUT2D eigenvalue weighted by atomic mass is 10.0. The molecule has 7 nitrogen and oxygen atoms in total. The van der Waals surface area contributed by atoms with Crippen molar-refractivity contribution in [1.29, 1.82) is 0 Å². The molecule has 2 atom stereocenters. The van der Waals surface area contributed by atoms with Crippen LogP contribution < -0.4 is 0 Å². The van der Waals surface area contributed by atoms with Crippen LogP contribution in [0.4, 0.5) is 0 Å². The summed E-state index contributed by atoms with van der Waals surface area (Å²) in [4.78, 5) is 23.4. The van der Waals surface area contributed by atoms with E-state index >= 15 is 0 Å². The van der Waals surface area contributed by atoms with Gasteiger partial charge in [0, 0.05) is 37.9 Å². The number of amides is 1. The van der Waals surface area contributed by atoms with Gasteiger partial charge < -0.3 is 9.80 Å². The molecule has 0 aliphatic carbocycles. The molecule has 0 N–H and O–H groups in total. The first-order chi connectivity index (χ1) is 11.4. The zero-order chi connectivity index (χ0) is 16.9. The minimum atomic E-state index is -3.06. The van der Waals surface area contributed by atoms with Gasteiger partial charge in [0.2, 0.25) is 5.91 Å². The zero-order valence-electron chi connectivity index (χ0n) is 13.7. The minimum Gasteiger partial charge on any atom is -0.335 e. The Morgan fingerprint density at radius 2 is 2.08 bits per heavy atom. The lowest BCUT2D eigenvalue weighted by Crippen LogP contribution is -2.59. The number of hydrogen-bond acceptors (Lipinski definition) is 7. The third-order valence-corrected chi connectivity index (χ3v) is 7.92. The maximum atomic E-state index is 12.9. The molecule has 132 valence electrons. The lowest BCUT2D eigenvalue weighted by molar-refractivity contribution is -0.136. The molecule has 4 rings (SSSR count). The molecule has 4 heterocycles. The normalized spacial score (nSPS) is 32.2. The molecule has 0 aromatic carbocycles. The minimum absolute atomic E-state index is 0.0360. The van der Waals surface area contributed by atoms with Crippen molar-refractivity contribution in [1.82, 2.24) is 14.7 Å². The summed E-state index contributed by atoms with van der Waals surface area (Å²) in [5.41, 5.74) is 1.000. The number of sulfone groups is 1. The van der Waals surface area contributed by atoms with E-state index in [1.807, 2.05) is 12.5 Å². The molecule has 0 unspecified atom stereocenters. The molecule has 0 aromatic rings. The van der Waals surface area contributed by atoms with E-state index in [0.29, 0.717) is 13.0 Å². The van der Waals surface area contributed by atoms with Crippen molar-refractivity contribution >= 4 is 32.7 Å². The maximum absolute atomic E-state index is 12.9. The highest BCUT2D eigenvalue weighted by Crippen LogP contribution is 2.32. The summed E-state index contributed by atoms with van der Waals surface area (Å²) < 4.78 is 24.1. The molecule has 0 spiro atoms. The Kier molecular flexibility index (Phi) is 4.12. The van der Waals surface area contributed by atoms with E-state index in [1.54, 1.807) is 16.7 Å². The van der Waals surface area contributed by atoms with Gasteiger partial charge in [-0.2, -0.15) is 0 Å². The third kappa shape index (κ3) is 2.86. The summed E-state index contributed by atoms with van der Waals surface area (Å²) >= 11 is 1.58. The number of carbonyl (C=O) groups is 1. The van der Waals surface area contributed by atoms with Crippen LogP contribution in [0.2, 0.25) is 0 Å². The van der Waals surface area contributed by atoms with E-state index in [0.717, 1.165) is 36.9 Å². The van der Waals surface area contributed by atoms with E-state index in [2.05, 4.69) is 14.8 Å². The average Bonchev–Trinajstić information content (AvgIpc) is 3.08. The van der Waals surface area contributed by atoms with Gasteiger partial charge in [-0.15, -0.1) is 0 Å². The fraction of sp³-hybridized carbons (Fsp3) is 0.733. The number of hydrogen-bond donors (Lipinski definition) is 0. The van der Waals surface area contributed by atoms with Gasteiger partial charge in [0.15, 0.2) is 15.0 Å². The number of amidine groups is 1. The Balaban J connectivity index is 1.48. The first kappa shape index (κ1) is 16.4. The standard InChI is InChI=1S/C15H22N4O3S2/c1-17-5-6-19(13-10-24(21,22)9-12(13)17)14(20)7-11-8-23-15-16-3-2-4-18(11)15/h8,12-13H,2-7,9-10H2,1H3/t12-,13+/m0/s1. The first-order valence-corrected chi connectivity index (χ1v) is 11.0. The molecule has 0 bridgehead atoms. The van der Waals surface area contributed by atoms with Crippen molar-refractivity contribution in [2.75, 3.05) is 44.7 Å². The van der Waals surface area contributed by atoms with Gasteiger partial charge >= 0.3 is 0 Å². The average molecular weight is 371 g/mol. The number of rotatable bonds is 2. The highest BCUT2D eigenvalue weighted by molar-refractivity contribution is 8.16. The van der Waals surface area contributed by atoms with Crippen LogP contribution in [0.25, 0.3) is 0 Å². The fourth-order valence-corrected chi connectivity index (χ4v) is 6.97. The van der Waals surface area contributed by atoms with Crippen molar-refractivity contribution < 1.29 is 13.2 Å². The third-order valence-electron chi connectivity index (χ3n) is 5.27. The van der Waals surface area contributed by atoms with Crippen LogP contribution in [0.15, 0.2) is 16.1 Å². The molecule has 0 radical (unpaired) electrons. The van der Waals surface area contributed by atoms with Gasteiger partial charge in [0.05, 0.1) is 24.0 Å². The largest absolute Gasteiger partial charge is 0.335 e. The topological polar surface area (TPSA) is 73.3 Å². The molecule has 24 heavy (non-hydrogen) atoms. The van der Waals surface area contributed by atoms with Crippen molar-refractivity contribution in [2.45, 2.75) is 24.9 Å². The molecule has 2 fully saturated rings. The second kappa shape index (κ2) is 6.03. The SMILES string of the molecule is CN1CCN(C(=O)CC2=CSC3=NCCCN23)[C@@H]2CS(=O)(=O)C[C@@H]21. The molecule has 4 aliphatic rings. The van der Waals surface area contributed by atoms with Crippen LogP contribution in [-0.4, -0.2) is 91.0 Å². The van der Waals surface area contributed by atoms with E-state index in [1.165, 1.54) is 0 Å². The highest BCUT2D eigenvalue weighted by Gasteiger charge is 2.47. The summed E-state index contributed by atoms with van der Waals surface area (Å²) in [5, 5.41) is 3.00. The number of likely N-dealkylation sites (N-methyl/N-ethyl adjacent to an activating group) is 1. The van der Waals surface area contributed by atoms with Gasteiger partial charge in [0.25, 0.3) is 0 Å². The molecule has 2 saturated heterocycles. The Morgan fingerprint density at radius 3 is 2.92 bits per heavy atom. The number of piperazine rings is 1. The molecule has 4 aliphatic heterocycles. The Bertz CT molecular complexity index is 718. The van der Waals surface area contributed by atoms with Crippen LogP contribution in [0.5, 0.6) is 0 Å². The van der Waals surface area contributed by atoms with E-state index < -0.39 is 9.84 Å². The molecular formula is C15H22N4O3S2. The van der Waals surface area contributed by atoms with Gasteiger partial charge in [0.1, 0.15) is 0 Å². The number of aliphatic imine (C=N–C) groups is 1. The number of thioether (sulfide) groups is 1. The predicted octanol–water partition coefficient (Wildman–Crippen LogP) is -0.0340. The Morgan fingerprint density at radius 1 is 1.29 bits per heavy atom. The van der Waals surface area contributed by atoms with E-state index in [4.69, 9.17) is 0 Å². The Labute approximate surface area is 146 Å². The van der Waals surface area contributed by atoms with Gasteiger partial charge in [-0.05, 0) is 18.9 Å². The van der Waals surface area contributed by atoms with Crippen LogP contribution in [-0.2, 0) is 14.6 Å². The molecule has 0 aromatic heterocycles. The highest BCUT2D eigenvalue weighted by atomic mass is 32.2. The smallest absolute Gasteiger partial charge is 0.228 e. The number of carbonyl (C=O) groups excluding carboxylic acids is 1. The lowest BCUT2D eigenvalue weighted by Gasteiger charge is -2.42. The monoisotopic (exact) mass is 370 g/mol. The summed E-state index contributed by atoms with van der Waals surface area (Å²) in [7, 11) is -1.11. The van der Waals surface area contributed by atoms with Crippen LogP contribution in [0.1, 0.15) is 12.8 Å². The molecule has 1 amide bonds. The van der Waals surface area contributed by atoms with Gasteiger partial charge in [-0.1, -0.05) is 11.8 Å². The quantitative estimate of drug-likeness (QED) is 0.679. The molecule has 0 saturated carbocycles. The predicted molar refractivity (Wildman–Crippen MR) is 94.5 cm³/mol. The number of nitrogens with zero attached hydrogens (tertiary/aromatic N) is 4. The second-order valence-corrected chi connectivity index (χ2v) is 9.84.